The molecule has 134 valence electrons. The van der Waals surface area contributed by atoms with Crippen LogP contribution < -0.4 is 10.9 Å². The second-order valence-corrected chi connectivity index (χ2v) is 5.95. The van der Waals surface area contributed by atoms with Gasteiger partial charge < -0.3 is 9.47 Å². The van der Waals surface area contributed by atoms with Crippen molar-refractivity contribution in [1.82, 2.24) is 19.5 Å². The number of fused-ring (bicyclic) bond motifs is 1. The fourth-order valence-electron chi connectivity index (χ4n) is 2.74. The van der Waals surface area contributed by atoms with E-state index in [0.717, 1.165) is 6.42 Å². The number of aromatic amines is 1. The molecule has 3 heterocycles. The van der Waals surface area contributed by atoms with Crippen LogP contribution in [0, 0.1) is 5.92 Å². The van der Waals surface area contributed by atoms with E-state index in [9.17, 15) is 14.4 Å². The van der Waals surface area contributed by atoms with Gasteiger partial charge in [0.15, 0.2) is 11.2 Å². The highest BCUT2D eigenvalue weighted by molar-refractivity contribution is 5.87. The first-order valence-electron chi connectivity index (χ1n) is 7.93. The Bertz CT molecular complexity index is 850. The minimum atomic E-state index is -0.434. The normalized spacial score (nSPS) is 20.4. The predicted molar refractivity (Wildman–Crippen MR) is 86.8 cm³/mol. The fourth-order valence-corrected chi connectivity index (χ4v) is 2.74. The molecule has 0 aliphatic carbocycles. The molecule has 0 saturated carbocycles. The summed E-state index contributed by atoms with van der Waals surface area (Å²) in [6.07, 6.45) is 2.65. The van der Waals surface area contributed by atoms with E-state index in [4.69, 9.17) is 9.47 Å². The van der Waals surface area contributed by atoms with E-state index in [1.165, 1.54) is 20.2 Å². The first kappa shape index (κ1) is 17.1. The van der Waals surface area contributed by atoms with Crippen molar-refractivity contribution in [1.29, 1.82) is 0 Å². The number of carbonyl (C=O) groups is 2. The highest BCUT2D eigenvalue weighted by atomic mass is 16.5. The van der Waals surface area contributed by atoms with Crippen LogP contribution in [-0.2, 0) is 19.1 Å². The average molecular weight is 349 g/mol. The van der Waals surface area contributed by atoms with Crippen LogP contribution in [-0.4, -0.2) is 44.6 Å². The number of carbonyl (C=O) groups excluding carboxylic acids is 2. The minimum absolute atomic E-state index is 0.0651. The van der Waals surface area contributed by atoms with E-state index in [1.807, 2.05) is 0 Å². The van der Waals surface area contributed by atoms with Gasteiger partial charge in [0.25, 0.3) is 5.56 Å². The topological polar surface area (TPSA) is 128 Å². The number of hydrogen-bond acceptors (Lipinski definition) is 7. The zero-order valence-electron chi connectivity index (χ0n) is 13.9. The van der Waals surface area contributed by atoms with Gasteiger partial charge in [-0.25, -0.2) is 4.98 Å². The van der Waals surface area contributed by atoms with Crippen LogP contribution >= 0.6 is 0 Å². The molecule has 2 N–H and O–H groups in total. The third kappa shape index (κ3) is 3.85. The SMILES string of the molecule is CC(=O)Nc1nc2c(ncn2C2CCC(COC(C)=O)CO2)c(=O)[nH]1. The number of ether oxygens (including phenoxy) is 2. The number of nitrogens with zero attached hydrogens (tertiary/aromatic N) is 3. The Kier molecular flexibility index (Phi) is 4.79. The van der Waals surface area contributed by atoms with Crippen LogP contribution in [0.4, 0.5) is 5.95 Å². The zero-order chi connectivity index (χ0) is 18.0. The molecular formula is C15H19N5O5. The summed E-state index contributed by atoms with van der Waals surface area (Å²) in [6, 6.07) is 0. The highest BCUT2D eigenvalue weighted by Crippen LogP contribution is 2.28. The summed E-state index contributed by atoms with van der Waals surface area (Å²) in [5.41, 5.74) is 0.0896. The third-order valence-electron chi connectivity index (χ3n) is 3.91. The predicted octanol–water partition coefficient (Wildman–Crippen LogP) is 0.566. The fraction of sp³-hybridized carbons (Fsp3) is 0.533. The maximum Gasteiger partial charge on any atom is 0.302 e. The van der Waals surface area contributed by atoms with Crippen LogP contribution in [0.1, 0.15) is 32.9 Å². The number of nitrogens with one attached hydrogen (secondary N) is 2. The van der Waals surface area contributed by atoms with Gasteiger partial charge in [0.1, 0.15) is 6.23 Å². The number of H-pyrrole nitrogens is 1. The monoisotopic (exact) mass is 349 g/mol. The smallest absolute Gasteiger partial charge is 0.302 e. The van der Waals surface area contributed by atoms with Gasteiger partial charge in [0.05, 0.1) is 19.5 Å². The molecule has 1 saturated heterocycles. The maximum absolute atomic E-state index is 12.1. The van der Waals surface area contributed by atoms with Crippen LogP contribution in [0.5, 0.6) is 0 Å². The molecule has 0 spiro atoms. The summed E-state index contributed by atoms with van der Waals surface area (Å²) in [6.45, 7) is 3.46. The van der Waals surface area contributed by atoms with Gasteiger partial charge >= 0.3 is 5.97 Å². The Morgan fingerprint density at radius 3 is 2.88 bits per heavy atom. The van der Waals surface area contributed by atoms with Gasteiger partial charge in [-0.05, 0) is 12.8 Å². The summed E-state index contributed by atoms with van der Waals surface area (Å²) in [5.74, 6) is -0.441. The van der Waals surface area contributed by atoms with Crippen molar-refractivity contribution in [2.75, 3.05) is 18.5 Å². The van der Waals surface area contributed by atoms with Crippen molar-refractivity contribution in [3.05, 3.63) is 16.7 Å². The van der Waals surface area contributed by atoms with Gasteiger partial charge in [0.2, 0.25) is 11.9 Å². The summed E-state index contributed by atoms with van der Waals surface area (Å²) in [4.78, 5) is 44.9. The largest absolute Gasteiger partial charge is 0.465 e. The van der Waals surface area contributed by atoms with Crippen LogP contribution in [0.2, 0.25) is 0 Å². The van der Waals surface area contributed by atoms with E-state index in [-0.39, 0.29) is 35.5 Å². The van der Waals surface area contributed by atoms with Crippen molar-refractivity contribution in [3.63, 3.8) is 0 Å². The number of anilines is 1. The molecule has 2 aromatic heterocycles. The molecule has 1 aliphatic rings. The molecule has 1 fully saturated rings. The van der Waals surface area contributed by atoms with Gasteiger partial charge in [-0.3, -0.25) is 29.3 Å². The molecule has 2 aromatic rings. The minimum Gasteiger partial charge on any atom is -0.465 e. The molecule has 0 radical (unpaired) electrons. The Morgan fingerprint density at radius 1 is 1.44 bits per heavy atom. The van der Waals surface area contributed by atoms with Crippen LogP contribution in [0.3, 0.4) is 0 Å². The molecule has 2 unspecified atom stereocenters. The molecular weight excluding hydrogens is 330 g/mol. The van der Waals surface area contributed by atoms with Gasteiger partial charge in [-0.2, -0.15) is 4.98 Å². The number of esters is 1. The van der Waals surface area contributed by atoms with Crippen molar-refractivity contribution in [2.45, 2.75) is 32.9 Å². The standard InChI is InChI=1S/C15H19N5O5/c1-8(21)17-15-18-13-12(14(23)19-15)16-7-20(13)11-4-3-10(6-25-11)5-24-9(2)22/h7,10-11H,3-6H2,1-2H3,(H2,17,18,19,21,23). The number of amides is 1. The lowest BCUT2D eigenvalue weighted by Gasteiger charge is -2.29. The summed E-state index contributed by atoms with van der Waals surface area (Å²) >= 11 is 0. The molecule has 1 aliphatic heterocycles. The van der Waals surface area contributed by atoms with Crippen molar-refractivity contribution in [3.8, 4) is 0 Å². The molecule has 1 amide bonds. The third-order valence-corrected chi connectivity index (χ3v) is 3.91. The quantitative estimate of drug-likeness (QED) is 0.772. The number of imidazole rings is 1. The summed E-state index contributed by atoms with van der Waals surface area (Å²) in [5, 5.41) is 2.46. The van der Waals surface area contributed by atoms with Crippen LogP contribution in [0.15, 0.2) is 11.1 Å². The molecule has 10 heteroatoms. The van der Waals surface area contributed by atoms with E-state index in [0.29, 0.717) is 25.3 Å². The van der Waals surface area contributed by atoms with Gasteiger partial charge in [-0.15, -0.1) is 0 Å². The molecule has 10 nitrogen and oxygen atoms in total. The first-order valence-corrected chi connectivity index (χ1v) is 7.93. The Hall–Kier alpha value is -2.75. The Balaban J connectivity index is 1.78. The first-order chi connectivity index (χ1) is 11.9. The number of hydrogen-bond donors (Lipinski definition) is 2. The number of rotatable bonds is 4. The molecule has 25 heavy (non-hydrogen) atoms. The van der Waals surface area contributed by atoms with E-state index in [2.05, 4.69) is 20.3 Å². The van der Waals surface area contributed by atoms with E-state index < -0.39 is 5.56 Å². The van der Waals surface area contributed by atoms with Crippen molar-refractivity contribution < 1.29 is 19.1 Å². The zero-order valence-corrected chi connectivity index (χ0v) is 13.9. The molecule has 2 atom stereocenters. The molecule has 0 aromatic carbocycles. The maximum atomic E-state index is 12.1. The van der Waals surface area contributed by atoms with Gasteiger partial charge in [-0.1, -0.05) is 0 Å². The lowest BCUT2D eigenvalue weighted by atomic mass is 10.0. The Morgan fingerprint density at radius 2 is 2.24 bits per heavy atom. The average Bonchev–Trinajstić information content (AvgIpc) is 2.97. The lowest BCUT2D eigenvalue weighted by Crippen LogP contribution is -2.28. The lowest BCUT2D eigenvalue weighted by molar-refractivity contribution is -0.145. The molecule has 3 rings (SSSR count). The second-order valence-electron chi connectivity index (χ2n) is 5.95. The van der Waals surface area contributed by atoms with E-state index >= 15 is 0 Å². The second kappa shape index (κ2) is 7.01. The van der Waals surface area contributed by atoms with Gasteiger partial charge in [0, 0.05) is 19.8 Å². The molecule has 0 bridgehead atoms. The highest BCUT2D eigenvalue weighted by Gasteiger charge is 2.26. The van der Waals surface area contributed by atoms with Crippen molar-refractivity contribution in [2.24, 2.45) is 5.92 Å². The Labute approximate surface area is 142 Å². The van der Waals surface area contributed by atoms with Crippen molar-refractivity contribution >= 4 is 29.0 Å². The summed E-state index contributed by atoms with van der Waals surface area (Å²) in [7, 11) is 0. The van der Waals surface area contributed by atoms with Crippen LogP contribution in [0.25, 0.3) is 11.2 Å². The summed E-state index contributed by atoms with van der Waals surface area (Å²) < 4.78 is 12.5. The number of aromatic nitrogens is 4. The van der Waals surface area contributed by atoms with E-state index in [1.54, 1.807) is 4.57 Å².